The first-order valence-corrected chi connectivity index (χ1v) is 12.0. The first kappa shape index (κ1) is 24.8. The smallest absolute Gasteiger partial charge is 0.251 e. The fraction of sp³-hybridized carbons (Fsp3) is 0.346. The molecule has 1 aliphatic heterocycles. The maximum Gasteiger partial charge on any atom is 0.251 e. The Morgan fingerprint density at radius 1 is 1.03 bits per heavy atom. The van der Waals surface area contributed by atoms with Crippen molar-refractivity contribution in [3.8, 4) is 11.4 Å². The topological polar surface area (TPSA) is 147 Å². The largest absolute Gasteiger partial charge is 0.387 e. The molecule has 0 radical (unpaired) electrons. The molecule has 11 nitrogen and oxygen atoms in total. The van der Waals surface area contributed by atoms with Crippen molar-refractivity contribution in [2.45, 2.75) is 51.9 Å². The molecule has 1 amide bonds. The predicted molar refractivity (Wildman–Crippen MR) is 137 cm³/mol. The minimum atomic E-state index is -1.41. The Balaban J connectivity index is 1.58. The van der Waals surface area contributed by atoms with E-state index in [1.54, 1.807) is 12.4 Å². The van der Waals surface area contributed by atoms with Crippen molar-refractivity contribution < 1.29 is 19.7 Å². The van der Waals surface area contributed by atoms with Gasteiger partial charge < -0.3 is 25.6 Å². The molecule has 1 saturated heterocycles. The predicted octanol–water partition coefficient (Wildman–Crippen LogP) is 1.79. The monoisotopic (exact) mass is 503 g/mol. The highest BCUT2D eigenvalue weighted by Gasteiger charge is 2.47. The van der Waals surface area contributed by atoms with E-state index in [1.807, 2.05) is 13.0 Å². The fourth-order valence-corrected chi connectivity index (χ4v) is 4.64. The van der Waals surface area contributed by atoms with Crippen molar-refractivity contribution in [2.24, 2.45) is 0 Å². The zero-order chi connectivity index (χ0) is 26.3. The van der Waals surface area contributed by atoms with Crippen LogP contribution in [0.1, 0.15) is 28.5 Å². The zero-order valence-electron chi connectivity index (χ0n) is 21.0. The summed E-state index contributed by atoms with van der Waals surface area (Å²) in [4.78, 5) is 30.4. The van der Waals surface area contributed by atoms with Crippen LogP contribution in [0.15, 0.2) is 43.0 Å². The van der Waals surface area contributed by atoms with Crippen molar-refractivity contribution in [3.63, 3.8) is 0 Å². The van der Waals surface area contributed by atoms with Gasteiger partial charge in [0.1, 0.15) is 12.2 Å². The van der Waals surface area contributed by atoms with Crippen LogP contribution in [0.25, 0.3) is 22.6 Å². The van der Waals surface area contributed by atoms with Gasteiger partial charge in [-0.2, -0.15) is 0 Å². The molecule has 0 bridgehead atoms. The summed E-state index contributed by atoms with van der Waals surface area (Å²) in [7, 11) is 1.44. The summed E-state index contributed by atoms with van der Waals surface area (Å²) in [5.41, 5.74) is 5.92. The van der Waals surface area contributed by atoms with Crippen LogP contribution in [-0.4, -0.2) is 66.0 Å². The molecule has 3 aromatic heterocycles. The van der Waals surface area contributed by atoms with Gasteiger partial charge in [-0.25, -0.2) is 15.0 Å². The number of aliphatic hydroxyl groups excluding tert-OH is 2. The van der Waals surface area contributed by atoms with E-state index in [0.717, 1.165) is 22.3 Å². The molecule has 192 valence electrons. The van der Waals surface area contributed by atoms with E-state index < -0.39 is 30.4 Å². The van der Waals surface area contributed by atoms with Gasteiger partial charge in [-0.05, 0) is 38.0 Å². The number of pyridine rings is 1. The molecule has 37 heavy (non-hydrogen) atoms. The lowest BCUT2D eigenvalue weighted by Crippen LogP contribution is -2.41. The number of nitrogens with zero attached hydrogens (tertiary/aromatic N) is 5. The molecule has 5 rings (SSSR count). The average Bonchev–Trinajstić information content (AvgIpc) is 3.42. The molecule has 1 aromatic carbocycles. The highest BCUT2D eigenvalue weighted by molar-refractivity contribution is 5.85. The Morgan fingerprint density at radius 3 is 2.49 bits per heavy atom. The number of rotatable bonds is 6. The van der Waals surface area contributed by atoms with E-state index in [0.29, 0.717) is 34.9 Å². The molecule has 4 heterocycles. The second-order valence-corrected chi connectivity index (χ2v) is 9.36. The van der Waals surface area contributed by atoms with Crippen molar-refractivity contribution in [3.05, 3.63) is 65.2 Å². The number of imidazole rings is 1. The summed E-state index contributed by atoms with van der Waals surface area (Å²) < 4.78 is 7.29. The number of ether oxygens (including phenoxy) is 1. The van der Waals surface area contributed by atoms with Crippen LogP contribution in [0.3, 0.4) is 0 Å². The molecule has 4 aromatic rings. The lowest BCUT2D eigenvalue weighted by atomic mass is 10.1. The van der Waals surface area contributed by atoms with Gasteiger partial charge in [0.15, 0.2) is 35.1 Å². The van der Waals surface area contributed by atoms with Gasteiger partial charge >= 0.3 is 0 Å². The van der Waals surface area contributed by atoms with Gasteiger partial charge in [-0.15, -0.1) is 0 Å². The summed E-state index contributed by atoms with van der Waals surface area (Å²) in [5, 5.41) is 27.0. The number of amides is 1. The maximum absolute atomic E-state index is 12.2. The van der Waals surface area contributed by atoms with Gasteiger partial charge in [-0.3, -0.25) is 14.3 Å². The van der Waals surface area contributed by atoms with Gasteiger partial charge in [0, 0.05) is 31.5 Å². The Bertz CT molecular complexity index is 1450. The molecule has 0 saturated carbocycles. The third-order valence-corrected chi connectivity index (χ3v) is 6.31. The summed E-state index contributed by atoms with van der Waals surface area (Å²) in [6.45, 7) is 6.54. The van der Waals surface area contributed by atoms with Crippen LogP contribution >= 0.6 is 0 Å². The standard InChI is InChI=1S/C26H29N7O4/c1-13-5-14(2)7-16(6-13)10-29-23-18-24(32-22(31-23)17-8-15(3)9-28-11-17)33(12-30-18)26-20(35)19(34)21(37-26)25(36)27-4/h5-9,11-12,19-21,26,34-35H,10H2,1-4H3,(H,27,36)(H,29,31,32). The van der Waals surface area contributed by atoms with Crippen molar-refractivity contribution >= 4 is 22.9 Å². The molecule has 4 atom stereocenters. The number of aromatic nitrogens is 5. The summed E-state index contributed by atoms with van der Waals surface area (Å²) in [5.74, 6) is 0.370. The first-order chi connectivity index (χ1) is 17.7. The van der Waals surface area contributed by atoms with Crippen LogP contribution < -0.4 is 10.6 Å². The molecule has 0 spiro atoms. The number of fused-ring (bicyclic) bond motifs is 1. The first-order valence-electron chi connectivity index (χ1n) is 12.0. The Labute approximate surface area is 213 Å². The molecule has 11 heteroatoms. The molecule has 0 aliphatic carbocycles. The number of aryl methyl sites for hydroxylation is 3. The number of carbonyl (C=O) groups is 1. The summed E-state index contributed by atoms with van der Waals surface area (Å²) in [6, 6.07) is 8.25. The minimum Gasteiger partial charge on any atom is -0.387 e. The quantitative estimate of drug-likeness (QED) is 0.309. The number of anilines is 1. The van der Waals surface area contributed by atoms with E-state index in [2.05, 4.69) is 52.6 Å². The fourth-order valence-electron chi connectivity index (χ4n) is 4.64. The molecular formula is C26H29N7O4. The Kier molecular flexibility index (Phi) is 6.59. The number of hydrogen-bond acceptors (Lipinski definition) is 9. The number of nitrogens with one attached hydrogen (secondary N) is 2. The van der Waals surface area contributed by atoms with Crippen molar-refractivity contribution in [1.82, 2.24) is 29.8 Å². The zero-order valence-corrected chi connectivity index (χ0v) is 21.0. The van der Waals surface area contributed by atoms with E-state index in [1.165, 1.54) is 17.9 Å². The normalized spacial score (nSPS) is 21.4. The number of likely N-dealkylation sites (N-methyl/N-ethyl adjacent to an activating group) is 1. The number of carbonyl (C=O) groups excluding carboxylic acids is 1. The summed E-state index contributed by atoms with van der Waals surface area (Å²) in [6.07, 6.45) is -0.201. The van der Waals surface area contributed by atoms with Gasteiger partial charge in [-0.1, -0.05) is 29.3 Å². The number of benzene rings is 1. The third kappa shape index (κ3) is 4.76. The second kappa shape index (κ2) is 9.85. The van der Waals surface area contributed by atoms with Crippen molar-refractivity contribution in [1.29, 1.82) is 0 Å². The number of aliphatic hydroxyl groups is 2. The molecular weight excluding hydrogens is 474 g/mol. The van der Waals surface area contributed by atoms with E-state index in [4.69, 9.17) is 14.7 Å². The van der Waals surface area contributed by atoms with Gasteiger partial charge in [0.05, 0.1) is 6.33 Å². The van der Waals surface area contributed by atoms with Crippen LogP contribution in [0, 0.1) is 20.8 Å². The Morgan fingerprint density at radius 2 is 1.78 bits per heavy atom. The molecule has 4 N–H and O–H groups in total. The highest BCUT2D eigenvalue weighted by atomic mass is 16.6. The third-order valence-electron chi connectivity index (χ3n) is 6.31. The van der Waals surface area contributed by atoms with E-state index >= 15 is 0 Å². The van der Waals surface area contributed by atoms with Crippen molar-refractivity contribution in [2.75, 3.05) is 12.4 Å². The molecule has 4 unspecified atom stereocenters. The lowest BCUT2D eigenvalue weighted by Gasteiger charge is -2.17. The second-order valence-electron chi connectivity index (χ2n) is 9.36. The van der Waals surface area contributed by atoms with Crippen LogP contribution in [0.4, 0.5) is 5.82 Å². The van der Waals surface area contributed by atoms with Gasteiger partial charge in [0.2, 0.25) is 0 Å². The van der Waals surface area contributed by atoms with E-state index in [-0.39, 0.29) is 0 Å². The van der Waals surface area contributed by atoms with Crippen LogP contribution in [-0.2, 0) is 16.1 Å². The minimum absolute atomic E-state index is 0.378. The summed E-state index contributed by atoms with van der Waals surface area (Å²) >= 11 is 0. The Hall–Kier alpha value is -3.93. The number of hydrogen-bond donors (Lipinski definition) is 4. The van der Waals surface area contributed by atoms with Crippen LogP contribution in [0.5, 0.6) is 0 Å². The highest BCUT2D eigenvalue weighted by Crippen LogP contribution is 2.33. The lowest BCUT2D eigenvalue weighted by molar-refractivity contribution is -0.137. The van der Waals surface area contributed by atoms with Crippen LogP contribution in [0.2, 0.25) is 0 Å². The average molecular weight is 504 g/mol. The molecule has 1 fully saturated rings. The maximum atomic E-state index is 12.2. The van der Waals surface area contributed by atoms with E-state index in [9.17, 15) is 15.0 Å². The SMILES string of the molecule is CNC(=O)C1OC(n2cnc3c(NCc4cc(C)cc(C)c4)nc(-c4cncc(C)c4)nc32)C(O)C1O. The van der Waals surface area contributed by atoms with Gasteiger partial charge in [0.25, 0.3) is 5.91 Å². The molecule has 1 aliphatic rings.